The number of carboxylic acid groups (broad SMARTS) is 1. The predicted molar refractivity (Wildman–Crippen MR) is 21.6 cm³/mol. The minimum Gasteiger partial charge on any atom is -0.480 e. The first-order valence-corrected chi connectivity index (χ1v) is 1.63. The van der Waals surface area contributed by atoms with Crippen LogP contribution in [-0.4, -0.2) is 24.7 Å². The summed E-state index contributed by atoms with van der Waals surface area (Å²) in [6.45, 7) is 0.0417. The molecule has 0 saturated carbocycles. The molecule has 0 aromatic heterocycles. The van der Waals surface area contributed by atoms with E-state index in [4.69, 9.17) is 5.11 Å². The van der Waals surface area contributed by atoms with Crippen LogP contribution < -0.4 is 94.0 Å². The molecule has 0 aromatic rings. The summed E-state index contributed by atoms with van der Waals surface area (Å²) in [4.78, 5) is 9.54. The predicted octanol–water partition coefficient (Wildman–Crippen LogP) is -9.70. The topological polar surface area (TPSA) is 49.3 Å². The molecule has 0 spiro atoms. The van der Waals surface area contributed by atoms with E-state index < -0.39 is 5.97 Å². The maximum absolute atomic E-state index is 9.54. The second-order valence-corrected chi connectivity index (χ2v) is 0.924. The molecule has 3 nitrogen and oxygen atoms in total. The van der Waals surface area contributed by atoms with Gasteiger partial charge in [-0.2, -0.15) is 0 Å². The summed E-state index contributed by atoms with van der Waals surface area (Å²) in [5, 5.41) is 10.3. The molecule has 0 radical (unpaired) electrons. The van der Waals surface area contributed by atoms with Crippen LogP contribution in [0.3, 0.4) is 0 Å². The third-order valence-electron chi connectivity index (χ3n) is 0.328. The van der Waals surface area contributed by atoms with E-state index in [1.807, 2.05) is 0 Å². The molecule has 6 heteroatoms. The molecular weight excluding hydrogens is 151 g/mol. The maximum atomic E-state index is 9.54. The Morgan fingerprint density at radius 3 is 1.78 bits per heavy atom. The molecule has 0 aliphatic heterocycles. The van der Waals surface area contributed by atoms with E-state index in [1.54, 1.807) is 7.05 Å². The Morgan fingerprint density at radius 2 is 1.78 bits per heavy atom. The molecule has 0 amide bonds. The minimum atomic E-state index is -0.822. The normalized spacial score (nSPS) is 5.44. The van der Waals surface area contributed by atoms with E-state index in [1.165, 1.54) is 0 Å². The smallest absolute Gasteiger partial charge is 0.480 e. The van der Waals surface area contributed by atoms with Gasteiger partial charge in [0.2, 0.25) is 0 Å². The summed E-state index contributed by atoms with van der Waals surface area (Å²) in [6.07, 6.45) is 0. The summed E-state index contributed by atoms with van der Waals surface area (Å²) >= 11 is 0. The number of carboxylic acids is 1. The van der Waals surface area contributed by atoms with Gasteiger partial charge in [-0.3, -0.25) is 4.79 Å². The summed E-state index contributed by atoms with van der Waals surface area (Å²) in [6, 6.07) is 0. The van der Waals surface area contributed by atoms with Gasteiger partial charge in [0.25, 0.3) is 0 Å². The van der Waals surface area contributed by atoms with Crippen molar-refractivity contribution in [2.75, 3.05) is 13.6 Å². The first-order valence-electron chi connectivity index (χ1n) is 1.63. The molecule has 0 aromatic carbocycles. The molecule has 9 heavy (non-hydrogen) atoms. The molecular formula is C3H7NNa3O2+3. The maximum Gasteiger partial charge on any atom is 1.00 e. The van der Waals surface area contributed by atoms with Gasteiger partial charge in [-0.15, -0.1) is 0 Å². The van der Waals surface area contributed by atoms with Crippen LogP contribution in [-0.2, 0) is 4.79 Å². The molecule has 0 bridgehead atoms. The molecule has 0 aliphatic carbocycles. The van der Waals surface area contributed by atoms with Gasteiger partial charge in [0, 0.05) is 0 Å². The van der Waals surface area contributed by atoms with Gasteiger partial charge in [-0.25, -0.2) is 0 Å². The van der Waals surface area contributed by atoms with Crippen molar-refractivity contribution in [3.05, 3.63) is 0 Å². The van der Waals surface area contributed by atoms with Gasteiger partial charge in [0.05, 0.1) is 6.54 Å². The van der Waals surface area contributed by atoms with Crippen LogP contribution in [0.5, 0.6) is 0 Å². The Bertz CT molecular complexity index is 61.0. The zero-order valence-electron chi connectivity index (χ0n) is 6.56. The Kier molecular flexibility index (Phi) is 42.0. The minimum absolute atomic E-state index is 0. The number of carbonyl (C=O) groups is 1. The number of likely N-dealkylation sites (N-methyl/N-ethyl adjacent to an activating group) is 1. The molecule has 0 atom stereocenters. The fraction of sp³-hybridized carbons (Fsp3) is 0.667. The largest absolute Gasteiger partial charge is 1.00 e. The van der Waals surface area contributed by atoms with Crippen LogP contribution in [0.25, 0.3) is 0 Å². The first kappa shape index (κ1) is 22.5. The van der Waals surface area contributed by atoms with Gasteiger partial charge in [-0.05, 0) is 7.05 Å². The van der Waals surface area contributed by atoms with Crippen molar-refractivity contribution in [1.82, 2.24) is 5.32 Å². The van der Waals surface area contributed by atoms with Crippen molar-refractivity contribution in [2.45, 2.75) is 0 Å². The number of nitrogens with one attached hydrogen (secondary N) is 1. The molecule has 0 aliphatic rings. The van der Waals surface area contributed by atoms with Gasteiger partial charge in [-0.1, -0.05) is 0 Å². The van der Waals surface area contributed by atoms with Gasteiger partial charge in [0.1, 0.15) is 0 Å². The fourth-order valence-electron chi connectivity index (χ4n) is 0.151. The summed E-state index contributed by atoms with van der Waals surface area (Å²) in [7, 11) is 1.59. The van der Waals surface area contributed by atoms with Crippen LogP contribution >= 0.6 is 0 Å². The zero-order chi connectivity index (χ0) is 4.99. The molecule has 0 rings (SSSR count). The van der Waals surface area contributed by atoms with E-state index >= 15 is 0 Å². The zero-order valence-corrected chi connectivity index (χ0v) is 12.6. The molecule has 36 valence electrons. The number of hydrogen-bond acceptors (Lipinski definition) is 2. The van der Waals surface area contributed by atoms with E-state index in [0.29, 0.717) is 0 Å². The molecule has 2 N–H and O–H groups in total. The van der Waals surface area contributed by atoms with Gasteiger partial charge in [0.15, 0.2) is 0 Å². The Labute approximate surface area is 121 Å². The third-order valence-corrected chi connectivity index (χ3v) is 0.328. The Morgan fingerprint density at radius 1 is 1.44 bits per heavy atom. The van der Waals surface area contributed by atoms with Crippen LogP contribution in [0, 0.1) is 0 Å². The molecule has 0 fully saturated rings. The Balaban J connectivity index is -0.0000000417. The third kappa shape index (κ3) is 25.1. The van der Waals surface area contributed by atoms with E-state index in [-0.39, 0.29) is 95.2 Å². The summed E-state index contributed by atoms with van der Waals surface area (Å²) in [5.74, 6) is -0.822. The quantitative estimate of drug-likeness (QED) is 0.392. The second-order valence-electron chi connectivity index (χ2n) is 0.924. The van der Waals surface area contributed by atoms with Crippen LogP contribution in [0.2, 0.25) is 0 Å². The Hall–Kier alpha value is 2.43. The van der Waals surface area contributed by atoms with Crippen molar-refractivity contribution in [3.63, 3.8) is 0 Å². The van der Waals surface area contributed by atoms with E-state index in [0.717, 1.165) is 0 Å². The van der Waals surface area contributed by atoms with Crippen LogP contribution in [0.15, 0.2) is 0 Å². The van der Waals surface area contributed by atoms with E-state index in [2.05, 4.69) is 5.32 Å². The van der Waals surface area contributed by atoms with Gasteiger partial charge >= 0.3 is 94.6 Å². The van der Waals surface area contributed by atoms with Crippen molar-refractivity contribution in [1.29, 1.82) is 0 Å². The van der Waals surface area contributed by atoms with Crippen molar-refractivity contribution in [3.8, 4) is 0 Å². The monoisotopic (exact) mass is 158 g/mol. The SMILES string of the molecule is CNCC(=O)O.[Na+].[Na+].[Na+]. The summed E-state index contributed by atoms with van der Waals surface area (Å²) in [5.41, 5.74) is 0. The molecule has 0 heterocycles. The van der Waals surface area contributed by atoms with Crippen molar-refractivity contribution >= 4 is 5.97 Å². The number of aliphatic carboxylic acids is 1. The first-order chi connectivity index (χ1) is 2.77. The number of rotatable bonds is 2. The molecule has 0 unspecified atom stereocenters. The van der Waals surface area contributed by atoms with E-state index in [9.17, 15) is 4.79 Å². The standard InChI is InChI=1S/C3H7NO2.3Na/c1-4-2-3(5)6;;;/h4H,2H2,1H3,(H,5,6);;;/q;3*+1. The average molecular weight is 158 g/mol. The number of hydrogen-bond donors (Lipinski definition) is 2. The van der Waals surface area contributed by atoms with Crippen LogP contribution in [0.4, 0.5) is 0 Å². The molecule has 0 saturated heterocycles. The average Bonchev–Trinajstić information content (AvgIpc) is 1.35. The van der Waals surface area contributed by atoms with Crippen molar-refractivity contribution < 1.29 is 98.6 Å². The summed E-state index contributed by atoms with van der Waals surface area (Å²) < 4.78 is 0. The van der Waals surface area contributed by atoms with Crippen LogP contribution in [0.1, 0.15) is 0 Å². The van der Waals surface area contributed by atoms with Crippen molar-refractivity contribution in [2.24, 2.45) is 0 Å². The second kappa shape index (κ2) is 16.8. The van der Waals surface area contributed by atoms with Gasteiger partial charge < -0.3 is 10.4 Å². The fourth-order valence-corrected chi connectivity index (χ4v) is 0.151.